The number of nitrogens with one attached hydrogen (secondary N) is 1. The molecule has 5 heteroatoms. The molecule has 0 aliphatic heterocycles. The Morgan fingerprint density at radius 1 is 1.10 bits per heavy atom. The summed E-state index contributed by atoms with van der Waals surface area (Å²) < 4.78 is 7.14. The Labute approximate surface area is 169 Å². The van der Waals surface area contributed by atoms with Gasteiger partial charge >= 0.3 is 0 Å². The van der Waals surface area contributed by atoms with Gasteiger partial charge in [-0.3, -0.25) is 4.79 Å². The molecule has 0 aliphatic carbocycles. The molecule has 4 rings (SSSR count). The lowest BCUT2D eigenvalue weighted by Gasteiger charge is -2.04. The van der Waals surface area contributed by atoms with Crippen LogP contribution < -0.4 is 10.1 Å². The van der Waals surface area contributed by atoms with Crippen LogP contribution in [0.1, 0.15) is 11.1 Å². The number of nitrogens with zero attached hydrogens (tertiary/aromatic N) is 2. The van der Waals surface area contributed by atoms with Gasteiger partial charge in [0.1, 0.15) is 11.4 Å². The molecule has 5 nitrogen and oxygen atoms in total. The molecule has 2 aromatic carbocycles. The van der Waals surface area contributed by atoms with E-state index in [9.17, 15) is 4.79 Å². The van der Waals surface area contributed by atoms with Gasteiger partial charge in [0.25, 0.3) is 0 Å². The summed E-state index contributed by atoms with van der Waals surface area (Å²) >= 11 is 0. The lowest BCUT2D eigenvalue weighted by atomic mass is 10.1. The SMILES string of the molecule is COc1ccc(/C=C/C(=O)Nc2cccc(-c3cn4cccc(C)c4n3)c2)cc1. The van der Waals surface area contributed by atoms with Gasteiger partial charge < -0.3 is 14.5 Å². The number of methoxy groups -OCH3 is 1. The fraction of sp³-hybridized carbons (Fsp3) is 0.0833. The van der Waals surface area contributed by atoms with Gasteiger partial charge in [0.05, 0.1) is 12.8 Å². The van der Waals surface area contributed by atoms with Gasteiger partial charge in [0.2, 0.25) is 5.91 Å². The van der Waals surface area contributed by atoms with Gasteiger partial charge in [-0.25, -0.2) is 4.98 Å². The van der Waals surface area contributed by atoms with Gasteiger partial charge in [-0.2, -0.15) is 0 Å². The zero-order valence-corrected chi connectivity index (χ0v) is 16.3. The molecule has 0 saturated heterocycles. The second-order valence-electron chi connectivity index (χ2n) is 6.72. The predicted octanol–water partition coefficient (Wildman–Crippen LogP) is 4.97. The second kappa shape index (κ2) is 8.02. The lowest BCUT2D eigenvalue weighted by Crippen LogP contribution is -2.07. The summed E-state index contributed by atoms with van der Waals surface area (Å²) in [4.78, 5) is 17.0. The number of anilines is 1. The first kappa shape index (κ1) is 18.5. The van der Waals surface area contributed by atoms with Crippen molar-refractivity contribution in [2.45, 2.75) is 6.92 Å². The highest BCUT2D eigenvalue weighted by molar-refractivity contribution is 6.02. The van der Waals surface area contributed by atoms with Crippen LogP contribution in [0.5, 0.6) is 5.75 Å². The number of carbonyl (C=O) groups is 1. The van der Waals surface area contributed by atoms with Crippen molar-refractivity contribution in [3.8, 4) is 17.0 Å². The van der Waals surface area contributed by atoms with E-state index in [2.05, 4.69) is 5.32 Å². The summed E-state index contributed by atoms with van der Waals surface area (Å²) in [6, 6.07) is 19.2. The summed E-state index contributed by atoms with van der Waals surface area (Å²) in [6.07, 6.45) is 7.26. The van der Waals surface area contributed by atoms with Crippen molar-refractivity contribution in [1.82, 2.24) is 9.38 Å². The Morgan fingerprint density at radius 2 is 1.93 bits per heavy atom. The number of pyridine rings is 1. The number of aryl methyl sites for hydroxylation is 1. The van der Waals surface area contributed by atoms with Gasteiger partial charge in [0.15, 0.2) is 0 Å². The molecule has 0 unspecified atom stereocenters. The highest BCUT2D eigenvalue weighted by atomic mass is 16.5. The Kier molecular flexibility index (Phi) is 5.12. The van der Waals surface area contributed by atoms with Crippen LogP contribution in [0.2, 0.25) is 0 Å². The molecule has 0 radical (unpaired) electrons. The smallest absolute Gasteiger partial charge is 0.248 e. The molecule has 2 heterocycles. The van der Waals surface area contributed by atoms with Crippen molar-refractivity contribution in [1.29, 1.82) is 0 Å². The molecule has 2 aromatic heterocycles. The summed E-state index contributed by atoms with van der Waals surface area (Å²) in [6.45, 7) is 2.04. The van der Waals surface area contributed by atoms with E-state index in [0.29, 0.717) is 0 Å². The number of benzene rings is 2. The Morgan fingerprint density at radius 3 is 2.69 bits per heavy atom. The van der Waals surface area contributed by atoms with Crippen molar-refractivity contribution in [3.05, 3.63) is 90.3 Å². The van der Waals surface area contributed by atoms with E-state index < -0.39 is 0 Å². The monoisotopic (exact) mass is 383 g/mol. The third-order valence-electron chi connectivity index (χ3n) is 4.65. The Hall–Kier alpha value is -3.86. The molecular weight excluding hydrogens is 362 g/mol. The zero-order valence-electron chi connectivity index (χ0n) is 16.3. The predicted molar refractivity (Wildman–Crippen MR) is 116 cm³/mol. The molecule has 29 heavy (non-hydrogen) atoms. The number of rotatable bonds is 5. The molecule has 1 amide bonds. The average molecular weight is 383 g/mol. The van der Waals surface area contributed by atoms with Crippen LogP contribution in [0.25, 0.3) is 23.0 Å². The molecule has 0 bridgehead atoms. The van der Waals surface area contributed by atoms with E-state index >= 15 is 0 Å². The zero-order chi connectivity index (χ0) is 20.2. The number of hydrogen-bond donors (Lipinski definition) is 1. The Balaban J connectivity index is 1.49. The molecule has 0 saturated carbocycles. The van der Waals surface area contributed by atoms with Crippen LogP contribution in [-0.2, 0) is 4.79 Å². The van der Waals surface area contributed by atoms with Crippen LogP contribution in [0.4, 0.5) is 5.69 Å². The maximum atomic E-state index is 12.3. The highest BCUT2D eigenvalue weighted by Crippen LogP contribution is 2.23. The van der Waals surface area contributed by atoms with E-state index in [0.717, 1.165) is 39.5 Å². The number of aromatic nitrogens is 2. The minimum absolute atomic E-state index is 0.191. The minimum Gasteiger partial charge on any atom is -0.497 e. The van der Waals surface area contributed by atoms with E-state index in [4.69, 9.17) is 9.72 Å². The van der Waals surface area contributed by atoms with Crippen LogP contribution in [-0.4, -0.2) is 22.4 Å². The lowest BCUT2D eigenvalue weighted by molar-refractivity contribution is -0.111. The second-order valence-corrected chi connectivity index (χ2v) is 6.72. The third kappa shape index (κ3) is 4.19. The normalized spacial score (nSPS) is 11.1. The van der Waals surface area contributed by atoms with Crippen LogP contribution in [0, 0.1) is 6.92 Å². The molecule has 0 spiro atoms. The van der Waals surface area contributed by atoms with Crippen LogP contribution in [0.3, 0.4) is 0 Å². The first-order valence-corrected chi connectivity index (χ1v) is 9.30. The number of fused-ring (bicyclic) bond motifs is 1. The molecule has 1 N–H and O–H groups in total. The fourth-order valence-electron chi connectivity index (χ4n) is 3.12. The quantitative estimate of drug-likeness (QED) is 0.495. The van der Waals surface area contributed by atoms with E-state index in [-0.39, 0.29) is 5.91 Å². The fourth-order valence-corrected chi connectivity index (χ4v) is 3.12. The molecule has 0 aliphatic rings. The molecule has 144 valence electrons. The molecular formula is C24H21N3O2. The third-order valence-corrected chi connectivity index (χ3v) is 4.65. The largest absolute Gasteiger partial charge is 0.497 e. The topological polar surface area (TPSA) is 55.6 Å². The average Bonchev–Trinajstić information content (AvgIpc) is 3.19. The number of imidazole rings is 1. The number of carbonyl (C=O) groups excluding carboxylic acids is 1. The standard InChI is InChI=1S/C24H21N3O2/c1-17-5-4-14-27-16-22(26-24(17)27)19-6-3-7-20(15-19)25-23(28)13-10-18-8-11-21(29-2)12-9-18/h3-16H,1-2H3,(H,25,28)/b13-10+. The number of ether oxygens (including phenoxy) is 1. The van der Waals surface area contributed by atoms with Crippen molar-refractivity contribution in [3.63, 3.8) is 0 Å². The summed E-state index contributed by atoms with van der Waals surface area (Å²) in [5, 5.41) is 2.91. The summed E-state index contributed by atoms with van der Waals surface area (Å²) in [5.74, 6) is 0.592. The van der Waals surface area contributed by atoms with Gasteiger partial charge in [-0.05, 0) is 54.5 Å². The molecule has 0 fully saturated rings. The molecule has 4 aromatic rings. The van der Waals surface area contributed by atoms with Crippen LogP contribution >= 0.6 is 0 Å². The highest BCUT2D eigenvalue weighted by Gasteiger charge is 2.07. The number of hydrogen-bond acceptors (Lipinski definition) is 3. The maximum Gasteiger partial charge on any atom is 0.248 e. The van der Waals surface area contributed by atoms with E-state index in [1.54, 1.807) is 13.2 Å². The van der Waals surface area contributed by atoms with Gasteiger partial charge in [-0.1, -0.05) is 30.3 Å². The first-order chi connectivity index (χ1) is 14.1. The summed E-state index contributed by atoms with van der Waals surface area (Å²) in [5.41, 5.74) is 5.51. The van der Waals surface area contributed by atoms with Crippen molar-refractivity contribution in [2.24, 2.45) is 0 Å². The Bertz CT molecular complexity index is 1190. The van der Waals surface area contributed by atoms with Gasteiger partial charge in [0, 0.05) is 29.7 Å². The number of amides is 1. The van der Waals surface area contributed by atoms with Gasteiger partial charge in [-0.15, -0.1) is 0 Å². The van der Waals surface area contributed by atoms with Crippen molar-refractivity contribution in [2.75, 3.05) is 12.4 Å². The molecule has 0 atom stereocenters. The first-order valence-electron chi connectivity index (χ1n) is 9.30. The van der Waals surface area contributed by atoms with Crippen molar-refractivity contribution >= 4 is 23.3 Å². The van der Waals surface area contributed by atoms with E-state index in [1.807, 2.05) is 84.4 Å². The minimum atomic E-state index is -0.191. The van der Waals surface area contributed by atoms with Crippen molar-refractivity contribution < 1.29 is 9.53 Å². The van der Waals surface area contributed by atoms with Crippen LogP contribution in [0.15, 0.2) is 79.1 Å². The summed E-state index contributed by atoms with van der Waals surface area (Å²) in [7, 11) is 1.62. The maximum absolute atomic E-state index is 12.3. The van der Waals surface area contributed by atoms with E-state index in [1.165, 1.54) is 6.08 Å².